The van der Waals surface area contributed by atoms with E-state index in [0.717, 1.165) is 11.1 Å². The van der Waals surface area contributed by atoms with Gasteiger partial charge in [0.2, 0.25) is 5.91 Å². The van der Waals surface area contributed by atoms with Gasteiger partial charge < -0.3 is 10.5 Å². The minimum Gasteiger partial charge on any atom is -0.489 e. The zero-order valence-electron chi connectivity index (χ0n) is 17.5. The van der Waals surface area contributed by atoms with Crippen LogP contribution in [0.5, 0.6) is 5.75 Å². The molecule has 4 rings (SSSR count). The smallest absolute Gasteiger partial charge is 0.231 e. The first-order valence-corrected chi connectivity index (χ1v) is 10.0. The Morgan fingerprint density at radius 3 is 2.58 bits per heavy atom. The number of carbonyl (C=O) groups is 1. The van der Waals surface area contributed by atoms with Gasteiger partial charge >= 0.3 is 0 Å². The fourth-order valence-electron chi connectivity index (χ4n) is 3.66. The maximum atomic E-state index is 14.9. The fraction of sp³-hybridized carbons (Fsp3) is 0.200. The quantitative estimate of drug-likeness (QED) is 0.666. The van der Waals surface area contributed by atoms with Gasteiger partial charge in [-0.1, -0.05) is 48.5 Å². The Labute approximate surface area is 181 Å². The molecule has 1 aliphatic heterocycles. The van der Waals surface area contributed by atoms with E-state index in [1.165, 1.54) is 11.0 Å². The van der Waals surface area contributed by atoms with Crippen molar-refractivity contribution in [1.29, 1.82) is 0 Å². The van der Waals surface area contributed by atoms with E-state index < -0.39 is 5.54 Å². The van der Waals surface area contributed by atoms with Crippen LogP contribution in [0.4, 0.5) is 4.39 Å². The van der Waals surface area contributed by atoms with Gasteiger partial charge in [0, 0.05) is 18.7 Å². The molecule has 2 N–H and O–H groups in total. The van der Waals surface area contributed by atoms with E-state index in [2.05, 4.69) is 4.99 Å². The predicted octanol–water partition coefficient (Wildman–Crippen LogP) is 4.46. The van der Waals surface area contributed by atoms with Gasteiger partial charge in [0.05, 0.1) is 12.0 Å². The number of ether oxygens (including phenoxy) is 1. The third kappa shape index (κ3) is 4.28. The second-order valence-electron chi connectivity index (χ2n) is 7.87. The number of aliphatic imine (C=N–C) groups is 1. The van der Waals surface area contributed by atoms with Gasteiger partial charge in [-0.15, -0.1) is 0 Å². The summed E-state index contributed by atoms with van der Waals surface area (Å²) in [7, 11) is 1.61. The van der Waals surface area contributed by atoms with Crippen LogP contribution in [-0.4, -0.2) is 23.8 Å². The van der Waals surface area contributed by atoms with Gasteiger partial charge in [-0.2, -0.15) is 0 Å². The van der Waals surface area contributed by atoms with Crippen molar-refractivity contribution < 1.29 is 13.9 Å². The Morgan fingerprint density at radius 1 is 1.10 bits per heavy atom. The van der Waals surface area contributed by atoms with E-state index in [1.54, 1.807) is 19.2 Å². The van der Waals surface area contributed by atoms with Crippen molar-refractivity contribution in [3.8, 4) is 16.9 Å². The Balaban J connectivity index is 1.58. The lowest BCUT2D eigenvalue weighted by Crippen LogP contribution is -2.47. The number of nitrogens with zero attached hydrogens (tertiary/aromatic N) is 2. The van der Waals surface area contributed by atoms with Crippen molar-refractivity contribution in [2.45, 2.75) is 25.5 Å². The highest BCUT2D eigenvalue weighted by atomic mass is 19.1. The summed E-state index contributed by atoms with van der Waals surface area (Å²) >= 11 is 0. The molecule has 3 aromatic carbocycles. The fourth-order valence-corrected chi connectivity index (χ4v) is 3.66. The summed E-state index contributed by atoms with van der Waals surface area (Å²) in [5, 5.41) is 0. The number of halogens is 1. The molecule has 158 valence electrons. The molecular formula is C25H24FN3O2. The second-order valence-corrected chi connectivity index (χ2v) is 7.87. The molecule has 1 unspecified atom stereocenters. The topological polar surface area (TPSA) is 67.9 Å². The van der Waals surface area contributed by atoms with Crippen LogP contribution < -0.4 is 10.5 Å². The van der Waals surface area contributed by atoms with Crippen molar-refractivity contribution in [2.24, 2.45) is 10.7 Å². The summed E-state index contributed by atoms with van der Waals surface area (Å²) in [6.07, 6.45) is 0.197. The number of hydrogen-bond donors (Lipinski definition) is 1. The summed E-state index contributed by atoms with van der Waals surface area (Å²) in [6, 6.07) is 22.0. The third-order valence-corrected chi connectivity index (χ3v) is 5.56. The average molecular weight is 417 g/mol. The van der Waals surface area contributed by atoms with Crippen molar-refractivity contribution in [1.82, 2.24) is 4.90 Å². The van der Waals surface area contributed by atoms with E-state index >= 15 is 0 Å². The van der Waals surface area contributed by atoms with Gasteiger partial charge in [-0.05, 0) is 41.8 Å². The molecule has 0 saturated carbocycles. The molecule has 0 aromatic heterocycles. The van der Waals surface area contributed by atoms with E-state index in [4.69, 9.17) is 10.5 Å². The van der Waals surface area contributed by atoms with Crippen LogP contribution in [0.25, 0.3) is 11.1 Å². The molecule has 1 amide bonds. The van der Waals surface area contributed by atoms with Crippen LogP contribution >= 0.6 is 0 Å². The van der Waals surface area contributed by atoms with Crippen LogP contribution in [0.1, 0.15) is 24.5 Å². The van der Waals surface area contributed by atoms with Gasteiger partial charge in [-0.3, -0.25) is 9.69 Å². The molecule has 0 saturated heterocycles. The van der Waals surface area contributed by atoms with Crippen LogP contribution in [-0.2, 0) is 16.9 Å². The maximum absolute atomic E-state index is 14.9. The van der Waals surface area contributed by atoms with Crippen molar-refractivity contribution >= 4 is 11.9 Å². The Bertz CT molecular complexity index is 1150. The Morgan fingerprint density at radius 2 is 1.87 bits per heavy atom. The first-order chi connectivity index (χ1) is 14.9. The van der Waals surface area contributed by atoms with Gasteiger partial charge in [0.15, 0.2) is 5.96 Å². The lowest BCUT2D eigenvalue weighted by Gasteiger charge is -2.33. The van der Waals surface area contributed by atoms with E-state index in [1.807, 2.05) is 61.5 Å². The standard InChI is InChI=1S/C25H24FN3O2/c1-25(15-23(30)29(2)24(27)28-25)19-10-6-9-18(13-19)21-12-11-20(14-22(21)26)31-16-17-7-4-3-5-8-17/h3-14H,15-16H2,1-2H3,(H2,27,28). The predicted molar refractivity (Wildman–Crippen MR) is 119 cm³/mol. The second kappa shape index (κ2) is 8.22. The molecule has 31 heavy (non-hydrogen) atoms. The summed E-state index contributed by atoms with van der Waals surface area (Å²) in [4.78, 5) is 18.2. The number of amides is 1. The SMILES string of the molecule is CN1C(=O)CC(C)(c2cccc(-c3ccc(OCc4ccccc4)cc3F)c2)N=C1N. The summed E-state index contributed by atoms with van der Waals surface area (Å²) < 4.78 is 20.6. The molecular weight excluding hydrogens is 393 g/mol. The number of guanidine groups is 1. The molecule has 0 aliphatic carbocycles. The summed E-state index contributed by atoms with van der Waals surface area (Å²) in [5.74, 6) is 0.156. The molecule has 1 atom stereocenters. The first-order valence-electron chi connectivity index (χ1n) is 10.0. The average Bonchev–Trinajstić information content (AvgIpc) is 2.77. The van der Waals surface area contributed by atoms with Gasteiger partial charge in [0.1, 0.15) is 18.2 Å². The molecule has 1 aliphatic rings. The molecule has 5 nitrogen and oxygen atoms in total. The largest absolute Gasteiger partial charge is 0.489 e. The van der Waals surface area contributed by atoms with E-state index in [9.17, 15) is 9.18 Å². The molecule has 0 fully saturated rings. The van der Waals surface area contributed by atoms with Crippen molar-refractivity contribution in [3.63, 3.8) is 0 Å². The summed E-state index contributed by atoms with van der Waals surface area (Å²) in [5.41, 5.74) is 8.10. The highest BCUT2D eigenvalue weighted by molar-refractivity contribution is 5.98. The van der Waals surface area contributed by atoms with Crippen LogP contribution in [0.3, 0.4) is 0 Å². The molecule has 3 aromatic rings. The molecule has 0 spiro atoms. The molecule has 0 bridgehead atoms. The van der Waals surface area contributed by atoms with Gasteiger partial charge in [0.25, 0.3) is 0 Å². The molecule has 0 radical (unpaired) electrons. The minimum absolute atomic E-state index is 0.105. The molecule has 6 heteroatoms. The van der Waals surface area contributed by atoms with Gasteiger partial charge in [-0.25, -0.2) is 9.38 Å². The lowest BCUT2D eigenvalue weighted by atomic mass is 9.86. The number of hydrogen-bond acceptors (Lipinski definition) is 4. The highest BCUT2D eigenvalue weighted by Gasteiger charge is 2.36. The molecule has 1 heterocycles. The van der Waals surface area contributed by atoms with Crippen LogP contribution in [0.2, 0.25) is 0 Å². The lowest BCUT2D eigenvalue weighted by molar-refractivity contribution is -0.128. The summed E-state index contributed by atoms with van der Waals surface area (Å²) in [6.45, 7) is 2.23. The minimum atomic E-state index is -0.793. The number of nitrogens with two attached hydrogens (primary N) is 1. The zero-order chi connectivity index (χ0) is 22.0. The van der Waals surface area contributed by atoms with Crippen LogP contribution in [0, 0.1) is 5.82 Å². The van der Waals surface area contributed by atoms with Crippen LogP contribution in [0.15, 0.2) is 77.8 Å². The van der Waals surface area contributed by atoms with Crippen molar-refractivity contribution in [3.05, 3.63) is 89.7 Å². The number of benzene rings is 3. The van der Waals surface area contributed by atoms with Crippen molar-refractivity contribution in [2.75, 3.05) is 7.05 Å². The Kier molecular flexibility index (Phi) is 5.46. The third-order valence-electron chi connectivity index (χ3n) is 5.56. The van der Waals surface area contributed by atoms with E-state index in [0.29, 0.717) is 23.5 Å². The monoisotopic (exact) mass is 417 g/mol. The Hall–Kier alpha value is -3.67. The number of rotatable bonds is 5. The maximum Gasteiger partial charge on any atom is 0.231 e. The number of carbonyl (C=O) groups excluding carboxylic acids is 1. The van der Waals surface area contributed by atoms with E-state index in [-0.39, 0.29) is 24.1 Å². The highest BCUT2D eigenvalue weighted by Crippen LogP contribution is 2.36. The normalized spacial score (nSPS) is 18.6. The first kappa shape index (κ1) is 20.6. The zero-order valence-corrected chi connectivity index (χ0v) is 17.5.